The lowest BCUT2D eigenvalue weighted by Crippen LogP contribution is -2.15. The summed E-state index contributed by atoms with van der Waals surface area (Å²) < 4.78 is 0. The van der Waals surface area contributed by atoms with Crippen molar-refractivity contribution in [3.8, 4) is 27.0 Å². The van der Waals surface area contributed by atoms with E-state index in [2.05, 4.69) is 58.1 Å². The molecule has 0 saturated carbocycles. The van der Waals surface area contributed by atoms with Crippen molar-refractivity contribution in [2.24, 2.45) is 0 Å². The second-order valence-electron chi connectivity index (χ2n) is 8.88. The van der Waals surface area contributed by atoms with Gasteiger partial charge in [0.2, 0.25) is 0 Å². The number of nitrogens with one attached hydrogen (secondary N) is 2. The van der Waals surface area contributed by atoms with Gasteiger partial charge in [0.15, 0.2) is 0 Å². The van der Waals surface area contributed by atoms with Gasteiger partial charge in [-0.1, -0.05) is 48.0 Å². The molecule has 0 aliphatic carbocycles. The lowest BCUT2D eigenvalue weighted by atomic mass is 10.1. The van der Waals surface area contributed by atoms with E-state index < -0.39 is 0 Å². The van der Waals surface area contributed by atoms with Crippen molar-refractivity contribution >= 4 is 39.5 Å². The Hall–Kier alpha value is -3.69. The van der Waals surface area contributed by atoms with Gasteiger partial charge in [-0.3, -0.25) is 4.98 Å². The molecule has 2 aromatic heterocycles. The van der Waals surface area contributed by atoms with Crippen LogP contribution in [0.5, 0.6) is 0 Å². The van der Waals surface area contributed by atoms with E-state index in [1.54, 1.807) is 11.3 Å². The van der Waals surface area contributed by atoms with Gasteiger partial charge >= 0.3 is 0 Å². The van der Waals surface area contributed by atoms with E-state index in [4.69, 9.17) is 16.9 Å². The Kier molecular flexibility index (Phi) is 8.12. The third-order valence-corrected chi connectivity index (χ3v) is 7.69. The molecule has 0 saturated heterocycles. The van der Waals surface area contributed by atoms with Gasteiger partial charge in [0.25, 0.3) is 0 Å². The monoisotopic (exact) mass is 522 g/mol. The Morgan fingerprint density at radius 1 is 0.811 bits per heavy atom. The minimum absolute atomic E-state index is 0.686. The first-order valence-electron chi connectivity index (χ1n) is 12.4. The number of unbranched alkanes of at least 4 members (excludes halogenated alkanes) is 1. The summed E-state index contributed by atoms with van der Waals surface area (Å²) in [5, 5.41) is 17.9. The van der Waals surface area contributed by atoms with Gasteiger partial charge in [0.05, 0.1) is 17.1 Å². The van der Waals surface area contributed by atoms with Crippen molar-refractivity contribution < 1.29 is 0 Å². The van der Waals surface area contributed by atoms with Crippen LogP contribution in [0.1, 0.15) is 24.0 Å². The van der Waals surface area contributed by atoms with Crippen LogP contribution in [0.15, 0.2) is 91.1 Å². The first-order chi connectivity index (χ1) is 18.2. The van der Waals surface area contributed by atoms with Crippen molar-refractivity contribution in [3.05, 3.63) is 107 Å². The zero-order valence-electron chi connectivity index (χ0n) is 20.4. The largest absolute Gasteiger partial charge is 0.384 e. The van der Waals surface area contributed by atoms with Crippen LogP contribution in [0.25, 0.3) is 31.8 Å². The van der Waals surface area contributed by atoms with E-state index in [-0.39, 0.29) is 0 Å². The highest BCUT2D eigenvalue weighted by Gasteiger charge is 2.06. The molecular weight excluding hydrogens is 496 g/mol. The SMILES string of the molecule is N#Cc1ccc(-c2ccc(-c3ccc(CNCCCCNc4ccnc5cc(Cl)ccc45)cc3)s2)cc1. The summed E-state index contributed by atoms with van der Waals surface area (Å²) in [6, 6.07) is 30.9. The Bertz CT molecular complexity index is 1520. The van der Waals surface area contributed by atoms with E-state index in [1.807, 2.05) is 54.7 Å². The summed E-state index contributed by atoms with van der Waals surface area (Å²) in [4.78, 5) is 6.86. The number of benzene rings is 3. The molecule has 5 aromatic rings. The highest BCUT2D eigenvalue weighted by Crippen LogP contribution is 2.34. The number of hydrogen-bond acceptors (Lipinski definition) is 5. The molecule has 4 nitrogen and oxygen atoms in total. The van der Waals surface area contributed by atoms with Gasteiger partial charge in [0, 0.05) is 45.1 Å². The van der Waals surface area contributed by atoms with E-state index in [0.717, 1.165) is 54.6 Å². The minimum Gasteiger partial charge on any atom is -0.384 e. The quantitative estimate of drug-likeness (QED) is 0.182. The number of aromatic nitrogens is 1. The van der Waals surface area contributed by atoms with Crippen LogP contribution < -0.4 is 10.6 Å². The molecule has 2 N–H and O–H groups in total. The highest BCUT2D eigenvalue weighted by atomic mass is 35.5. The molecule has 0 unspecified atom stereocenters. The second kappa shape index (κ2) is 12.0. The first kappa shape index (κ1) is 25.0. The molecule has 2 heterocycles. The van der Waals surface area contributed by atoms with Crippen LogP contribution in [0, 0.1) is 11.3 Å². The van der Waals surface area contributed by atoms with Crippen molar-refractivity contribution in [2.75, 3.05) is 18.4 Å². The van der Waals surface area contributed by atoms with Gasteiger partial charge in [-0.05, 0) is 84.6 Å². The molecule has 0 bridgehead atoms. The normalized spacial score (nSPS) is 10.9. The summed E-state index contributed by atoms with van der Waals surface area (Å²) in [6.07, 6.45) is 4.01. The predicted molar refractivity (Wildman–Crippen MR) is 156 cm³/mol. The second-order valence-corrected chi connectivity index (χ2v) is 10.4. The summed E-state index contributed by atoms with van der Waals surface area (Å²) in [6.45, 7) is 2.77. The third kappa shape index (κ3) is 6.36. The number of hydrogen-bond donors (Lipinski definition) is 2. The minimum atomic E-state index is 0.686. The van der Waals surface area contributed by atoms with Gasteiger partial charge in [-0.15, -0.1) is 11.3 Å². The number of anilines is 1. The lowest BCUT2D eigenvalue weighted by Gasteiger charge is -2.10. The number of nitriles is 1. The molecule has 3 aromatic carbocycles. The maximum absolute atomic E-state index is 8.99. The number of thiophene rings is 1. The fourth-order valence-electron chi connectivity index (χ4n) is 4.25. The molecule has 0 spiro atoms. The zero-order valence-corrected chi connectivity index (χ0v) is 21.9. The maximum Gasteiger partial charge on any atom is 0.0991 e. The molecule has 0 atom stereocenters. The van der Waals surface area contributed by atoms with Gasteiger partial charge in [0.1, 0.15) is 0 Å². The average molecular weight is 523 g/mol. The van der Waals surface area contributed by atoms with Crippen LogP contribution in [0.4, 0.5) is 5.69 Å². The van der Waals surface area contributed by atoms with Crippen LogP contribution in [-0.4, -0.2) is 18.1 Å². The molecule has 0 fully saturated rings. The molecule has 37 heavy (non-hydrogen) atoms. The Labute approximate surface area is 226 Å². The van der Waals surface area contributed by atoms with Crippen molar-refractivity contribution in [1.82, 2.24) is 10.3 Å². The van der Waals surface area contributed by atoms with Crippen molar-refractivity contribution in [2.45, 2.75) is 19.4 Å². The molecule has 0 aliphatic heterocycles. The van der Waals surface area contributed by atoms with E-state index in [1.165, 1.54) is 20.9 Å². The molecular formula is C31H27ClN4S. The fourth-order valence-corrected chi connectivity index (χ4v) is 5.43. The lowest BCUT2D eigenvalue weighted by molar-refractivity contribution is 0.633. The molecule has 0 radical (unpaired) electrons. The first-order valence-corrected chi connectivity index (χ1v) is 13.6. The smallest absolute Gasteiger partial charge is 0.0991 e. The number of pyridine rings is 1. The molecule has 6 heteroatoms. The van der Waals surface area contributed by atoms with Crippen LogP contribution in [-0.2, 0) is 6.54 Å². The van der Waals surface area contributed by atoms with Crippen LogP contribution in [0.2, 0.25) is 5.02 Å². The Morgan fingerprint density at radius 2 is 1.51 bits per heavy atom. The molecule has 0 amide bonds. The van der Waals surface area contributed by atoms with Crippen molar-refractivity contribution in [1.29, 1.82) is 5.26 Å². The Morgan fingerprint density at radius 3 is 2.24 bits per heavy atom. The van der Waals surface area contributed by atoms with Gasteiger partial charge in [-0.2, -0.15) is 5.26 Å². The summed E-state index contributed by atoms with van der Waals surface area (Å²) in [5.74, 6) is 0. The van der Waals surface area contributed by atoms with Crippen molar-refractivity contribution in [3.63, 3.8) is 0 Å². The van der Waals surface area contributed by atoms with Crippen LogP contribution >= 0.6 is 22.9 Å². The van der Waals surface area contributed by atoms with E-state index in [0.29, 0.717) is 10.6 Å². The number of nitrogens with zero attached hydrogens (tertiary/aromatic N) is 2. The maximum atomic E-state index is 8.99. The molecule has 184 valence electrons. The average Bonchev–Trinajstić information content (AvgIpc) is 3.43. The standard InChI is InChI=1S/C31H27ClN4S/c32-26-11-12-27-28(15-18-36-29(27)19-26)35-17-2-1-16-34-21-23-5-9-25(10-6-23)31-14-13-30(37-31)24-7-3-22(20-33)4-8-24/h3-15,18-19,34H,1-2,16-17,21H2,(H,35,36). The topological polar surface area (TPSA) is 60.7 Å². The summed E-state index contributed by atoms with van der Waals surface area (Å²) in [5.41, 5.74) is 6.36. The Balaban J connectivity index is 1.05. The summed E-state index contributed by atoms with van der Waals surface area (Å²) >= 11 is 7.85. The van der Waals surface area contributed by atoms with Crippen LogP contribution in [0.3, 0.4) is 0 Å². The third-order valence-electron chi connectivity index (χ3n) is 6.27. The van der Waals surface area contributed by atoms with E-state index in [9.17, 15) is 0 Å². The number of halogens is 1. The predicted octanol–water partition coefficient (Wildman–Crippen LogP) is 8.14. The fraction of sp³-hybridized carbons (Fsp3) is 0.161. The molecule has 5 rings (SSSR count). The number of fused-ring (bicyclic) bond motifs is 1. The van der Waals surface area contributed by atoms with Gasteiger partial charge in [-0.25, -0.2) is 0 Å². The summed E-state index contributed by atoms with van der Waals surface area (Å²) in [7, 11) is 0. The van der Waals surface area contributed by atoms with Gasteiger partial charge < -0.3 is 10.6 Å². The highest BCUT2D eigenvalue weighted by molar-refractivity contribution is 7.18. The molecule has 0 aliphatic rings. The van der Waals surface area contributed by atoms with E-state index >= 15 is 0 Å². The zero-order chi connectivity index (χ0) is 25.5. The number of rotatable bonds is 10.